The number of halogens is 1. The number of carbonyl (C=O) groups excluding carboxylic acids is 1. The Morgan fingerprint density at radius 2 is 2.00 bits per heavy atom. The highest BCUT2D eigenvalue weighted by atomic mass is 35.5. The van der Waals surface area contributed by atoms with Crippen molar-refractivity contribution in [2.75, 3.05) is 0 Å². The van der Waals surface area contributed by atoms with Gasteiger partial charge in [0.1, 0.15) is 5.75 Å². The Kier molecular flexibility index (Phi) is 3.24. The maximum absolute atomic E-state index is 11.7. The molecule has 0 amide bonds. The van der Waals surface area contributed by atoms with Gasteiger partial charge in [0.15, 0.2) is 0 Å². The predicted octanol–water partition coefficient (Wildman–Crippen LogP) is 1.38. The first-order chi connectivity index (χ1) is 8.58. The number of hydrogen-bond acceptors (Lipinski definition) is 5. The zero-order chi connectivity index (χ0) is 13.1. The van der Waals surface area contributed by atoms with E-state index in [2.05, 4.69) is 15.4 Å². The lowest BCUT2D eigenvalue weighted by Gasteiger charge is -2.02. The third kappa shape index (κ3) is 2.46. The summed E-state index contributed by atoms with van der Waals surface area (Å²) in [7, 11) is 0. The highest BCUT2D eigenvalue weighted by Crippen LogP contribution is 2.18. The molecular weight excluding hydrogens is 262 g/mol. The Morgan fingerprint density at radius 3 is 2.67 bits per heavy atom. The molecule has 0 fully saturated rings. The fourth-order valence-corrected chi connectivity index (χ4v) is 1.39. The first-order valence-corrected chi connectivity index (χ1v) is 5.07. The minimum Gasteiger partial charge on any atom is -0.476 e. The molecule has 8 heteroatoms. The minimum atomic E-state index is -1.37. The fourth-order valence-electron chi connectivity index (χ4n) is 1.21. The van der Waals surface area contributed by atoms with Crippen molar-refractivity contribution in [1.82, 2.24) is 15.4 Å². The second-order valence-corrected chi connectivity index (χ2v) is 3.61. The Bertz CT molecular complexity index is 611. The molecule has 0 atom stereocenters. The molecule has 0 saturated heterocycles. The Hall–Kier alpha value is -2.41. The second kappa shape index (κ2) is 4.84. The van der Waals surface area contributed by atoms with Gasteiger partial charge in [-0.3, -0.25) is 0 Å². The molecular formula is C10H6ClN3O4. The number of carbonyl (C=O) groups is 2. The van der Waals surface area contributed by atoms with Crippen LogP contribution in [-0.4, -0.2) is 32.5 Å². The zero-order valence-electron chi connectivity index (χ0n) is 8.75. The first-order valence-electron chi connectivity index (χ1n) is 4.69. The predicted molar refractivity (Wildman–Crippen MR) is 59.8 cm³/mol. The molecule has 0 aliphatic carbocycles. The van der Waals surface area contributed by atoms with E-state index in [9.17, 15) is 9.59 Å². The lowest BCUT2D eigenvalue weighted by atomic mass is 10.3. The fraction of sp³-hybridized carbons (Fsp3) is 0. The highest BCUT2D eigenvalue weighted by molar-refractivity contribution is 6.30. The number of carboxylic acid groups (broad SMARTS) is 1. The van der Waals surface area contributed by atoms with Crippen LogP contribution in [0.2, 0.25) is 5.02 Å². The van der Waals surface area contributed by atoms with Crippen molar-refractivity contribution in [3.05, 3.63) is 40.7 Å². The van der Waals surface area contributed by atoms with Crippen LogP contribution in [0.1, 0.15) is 21.0 Å². The summed E-state index contributed by atoms with van der Waals surface area (Å²) >= 11 is 5.72. The van der Waals surface area contributed by atoms with Gasteiger partial charge in [-0.2, -0.15) is 5.21 Å². The highest BCUT2D eigenvalue weighted by Gasteiger charge is 2.23. The van der Waals surface area contributed by atoms with Crippen LogP contribution in [0, 0.1) is 0 Å². The maximum atomic E-state index is 11.7. The number of aromatic amines is 1. The number of hydrogen-bond donors (Lipinski definition) is 2. The number of aromatic carboxylic acids is 1. The number of H-pyrrole nitrogens is 1. The SMILES string of the molecule is O=C(O)c1n[nH]nc1C(=O)Oc1cccc(Cl)c1. The van der Waals surface area contributed by atoms with Gasteiger partial charge in [-0.15, -0.1) is 10.2 Å². The average molecular weight is 268 g/mol. The van der Waals surface area contributed by atoms with Gasteiger partial charge in [0.2, 0.25) is 11.4 Å². The maximum Gasteiger partial charge on any atom is 0.366 e. The largest absolute Gasteiger partial charge is 0.476 e. The van der Waals surface area contributed by atoms with Crippen LogP contribution in [0.15, 0.2) is 24.3 Å². The lowest BCUT2D eigenvalue weighted by Crippen LogP contribution is -2.14. The molecule has 2 aromatic rings. The third-order valence-electron chi connectivity index (χ3n) is 1.95. The van der Waals surface area contributed by atoms with Gasteiger partial charge in [-0.05, 0) is 18.2 Å². The first kappa shape index (κ1) is 12.1. The topological polar surface area (TPSA) is 105 Å². The molecule has 1 heterocycles. The van der Waals surface area contributed by atoms with E-state index >= 15 is 0 Å². The molecule has 0 radical (unpaired) electrons. The quantitative estimate of drug-likeness (QED) is 0.643. The molecule has 0 saturated carbocycles. The third-order valence-corrected chi connectivity index (χ3v) is 2.19. The Morgan fingerprint density at radius 1 is 1.28 bits per heavy atom. The summed E-state index contributed by atoms with van der Waals surface area (Å²) in [5.41, 5.74) is -0.899. The zero-order valence-corrected chi connectivity index (χ0v) is 9.51. The summed E-state index contributed by atoms with van der Waals surface area (Å²) in [4.78, 5) is 22.4. The summed E-state index contributed by atoms with van der Waals surface area (Å²) in [5, 5.41) is 18.0. The van der Waals surface area contributed by atoms with Crippen molar-refractivity contribution in [3.63, 3.8) is 0 Å². The van der Waals surface area contributed by atoms with Crippen LogP contribution in [-0.2, 0) is 0 Å². The normalized spacial score (nSPS) is 10.1. The van der Waals surface area contributed by atoms with E-state index in [0.717, 1.165) is 0 Å². The standard InChI is InChI=1S/C10H6ClN3O4/c11-5-2-1-3-6(4-5)18-10(17)8-7(9(15)16)12-14-13-8/h1-4H,(H,15,16)(H,12,13,14). The molecule has 0 spiro atoms. The van der Waals surface area contributed by atoms with Gasteiger partial charge in [-0.1, -0.05) is 17.7 Å². The van der Waals surface area contributed by atoms with E-state index < -0.39 is 23.3 Å². The molecule has 7 nitrogen and oxygen atoms in total. The number of nitrogens with one attached hydrogen (secondary N) is 1. The number of benzene rings is 1. The molecule has 1 aromatic heterocycles. The summed E-state index contributed by atoms with van der Waals surface area (Å²) < 4.78 is 4.92. The molecule has 0 aliphatic heterocycles. The van der Waals surface area contributed by atoms with E-state index in [1.165, 1.54) is 12.1 Å². The Labute approximate surface area is 105 Å². The van der Waals surface area contributed by atoms with Crippen molar-refractivity contribution in [3.8, 4) is 5.75 Å². The molecule has 2 rings (SSSR count). The summed E-state index contributed by atoms with van der Waals surface area (Å²) in [5.74, 6) is -2.11. The summed E-state index contributed by atoms with van der Waals surface area (Å²) in [6.07, 6.45) is 0. The van der Waals surface area contributed by atoms with Gasteiger partial charge in [0.05, 0.1) is 0 Å². The molecule has 18 heavy (non-hydrogen) atoms. The van der Waals surface area contributed by atoms with Crippen molar-refractivity contribution in [2.24, 2.45) is 0 Å². The van der Waals surface area contributed by atoms with Crippen molar-refractivity contribution < 1.29 is 19.4 Å². The Balaban J connectivity index is 2.22. The van der Waals surface area contributed by atoms with Gasteiger partial charge in [-0.25, -0.2) is 9.59 Å². The van der Waals surface area contributed by atoms with Crippen molar-refractivity contribution >= 4 is 23.5 Å². The molecule has 0 unspecified atom stereocenters. The van der Waals surface area contributed by atoms with E-state index in [1.807, 2.05) is 0 Å². The van der Waals surface area contributed by atoms with Crippen molar-refractivity contribution in [1.29, 1.82) is 0 Å². The van der Waals surface area contributed by atoms with Crippen LogP contribution in [0.4, 0.5) is 0 Å². The van der Waals surface area contributed by atoms with Crippen LogP contribution in [0.25, 0.3) is 0 Å². The average Bonchev–Trinajstić information content (AvgIpc) is 2.77. The number of ether oxygens (including phenoxy) is 1. The monoisotopic (exact) mass is 267 g/mol. The van der Waals surface area contributed by atoms with E-state index in [0.29, 0.717) is 5.02 Å². The second-order valence-electron chi connectivity index (χ2n) is 3.17. The van der Waals surface area contributed by atoms with E-state index in [-0.39, 0.29) is 5.75 Å². The van der Waals surface area contributed by atoms with Gasteiger partial charge in [0.25, 0.3) is 0 Å². The van der Waals surface area contributed by atoms with E-state index in [1.54, 1.807) is 12.1 Å². The summed E-state index contributed by atoms with van der Waals surface area (Å²) in [6.45, 7) is 0. The van der Waals surface area contributed by atoms with Crippen LogP contribution < -0.4 is 4.74 Å². The molecule has 92 valence electrons. The number of esters is 1. The molecule has 0 bridgehead atoms. The van der Waals surface area contributed by atoms with Crippen molar-refractivity contribution in [2.45, 2.75) is 0 Å². The molecule has 1 aromatic carbocycles. The van der Waals surface area contributed by atoms with Gasteiger partial charge in [0, 0.05) is 5.02 Å². The summed E-state index contributed by atoms with van der Waals surface area (Å²) in [6, 6.07) is 6.12. The number of rotatable bonds is 3. The van der Waals surface area contributed by atoms with Gasteiger partial charge < -0.3 is 9.84 Å². The lowest BCUT2D eigenvalue weighted by molar-refractivity contribution is 0.0661. The van der Waals surface area contributed by atoms with Gasteiger partial charge >= 0.3 is 11.9 Å². The van der Waals surface area contributed by atoms with E-state index in [4.69, 9.17) is 21.4 Å². The smallest absolute Gasteiger partial charge is 0.366 e. The number of nitrogens with zero attached hydrogens (tertiary/aromatic N) is 2. The number of aromatic nitrogens is 3. The molecule has 0 aliphatic rings. The number of carboxylic acids is 1. The van der Waals surface area contributed by atoms with Crippen LogP contribution in [0.5, 0.6) is 5.75 Å². The molecule has 2 N–H and O–H groups in total. The van der Waals surface area contributed by atoms with Crippen LogP contribution >= 0.6 is 11.6 Å². The minimum absolute atomic E-state index is 0.187. The van der Waals surface area contributed by atoms with Crippen LogP contribution in [0.3, 0.4) is 0 Å².